The van der Waals surface area contributed by atoms with Gasteiger partial charge >= 0.3 is 0 Å². The zero-order chi connectivity index (χ0) is 9.36. The lowest BCUT2D eigenvalue weighted by Crippen LogP contribution is -1.80. The molecule has 2 nitrogen and oxygen atoms in total. The molecule has 0 radical (unpaired) electrons. The third kappa shape index (κ3) is 4.43. The van der Waals surface area contributed by atoms with Crippen LogP contribution in [0.15, 0.2) is 30.6 Å². The summed E-state index contributed by atoms with van der Waals surface area (Å²) < 4.78 is 0. The molecule has 0 fully saturated rings. The Bertz CT molecular complexity index is 244. The van der Waals surface area contributed by atoms with Crippen LogP contribution < -0.4 is 0 Å². The van der Waals surface area contributed by atoms with Crippen molar-refractivity contribution in [2.75, 3.05) is 6.61 Å². The van der Waals surface area contributed by atoms with E-state index in [9.17, 15) is 0 Å². The van der Waals surface area contributed by atoms with E-state index in [-0.39, 0.29) is 0 Å². The Morgan fingerprint density at radius 1 is 1.38 bits per heavy atom. The molecule has 1 N–H and O–H groups in total. The van der Waals surface area contributed by atoms with Crippen molar-refractivity contribution in [3.05, 3.63) is 36.2 Å². The minimum absolute atomic E-state index is 0.292. The van der Waals surface area contributed by atoms with Gasteiger partial charge in [0.25, 0.3) is 0 Å². The van der Waals surface area contributed by atoms with E-state index in [1.54, 1.807) is 6.20 Å². The van der Waals surface area contributed by atoms with Gasteiger partial charge in [0.05, 0.1) is 0 Å². The van der Waals surface area contributed by atoms with Gasteiger partial charge in [0.2, 0.25) is 0 Å². The second-order valence-electron chi connectivity index (χ2n) is 2.91. The van der Waals surface area contributed by atoms with Gasteiger partial charge in [-0.2, -0.15) is 0 Å². The highest BCUT2D eigenvalue weighted by Gasteiger charge is 1.84. The second-order valence-corrected chi connectivity index (χ2v) is 2.91. The molecule has 1 aromatic heterocycles. The Morgan fingerprint density at radius 2 is 2.31 bits per heavy atom. The molecule has 0 spiro atoms. The van der Waals surface area contributed by atoms with E-state index >= 15 is 0 Å². The van der Waals surface area contributed by atoms with E-state index in [0.29, 0.717) is 6.61 Å². The molecule has 0 bridgehead atoms. The molecule has 0 atom stereocenters. The van der Waals surface area contributed by atoms with E-state index in [1.807, 2.05) is 18.3 Å². The number of hydrogen-bond donors (Lipinski definition) is 1. The Balaban J connectivity index is 2.25. The lowest BCUT2D eigenvalue weighted by atomic mass is 10.2. The van der Waals surface area contributed by atoms with Crippen molar-refractivity contribution in [1.29, 1.82) is 0 Å². The van der Waals surface area contributed by atoms with Gasteiger partial charge in [0.1, 0.15) is 0 Å². The second kappa shape index (κ2) is 6.38. The third-order valence-electron chi connectivity index (χ3n) is 1.77. The fourth-order valence-corrected chi connectivity index (χ4v) is 1.07. The highest BCUT2D eigenvalue weighted by Crippen LogP contribution is 2.02. The summed E-state index contributed by atoms with van der Waals surface area (Å²) in [7, 11) is 0. The van der Waals surface area contributed by atoms with E-state index in [2.05, 4.69) is 17.1 Å². The maximum atomic E-state index is 8.55. The summed E-state index contributed by atoms with van der Waals surface area (Å²) in [6.07, 6.45) is 10.7. The highest BCUT2D eigenvalue weighted by molar-refractivity contribution is 5.46. The van der Waals surface area contributed by atoms with Crippen molar-refractivity contribution in [3.63, 3.8) is 0 Å². The summed E-state index contributed by atoms with van der Waals surface area (Å²) in [5.41, 5.74) is 1.13. The van der Waals surface area contributed by atoms with Crippen LogP contribution in [0.3, 0.4) is 0 Å². The molecule has 0 unspecified atom stereocenters. The third-order valence-corrected chi connectivity index (χ3v) is 1.77. The Kier molecular flexibility index (Phi) is 4.87. The maximum absolute atomic E-state index is 8.55. The molecule has 0 amide bonds. The van der Waals surface area contributed by atoms with Crippen molar-refractivity contribution in [2.24, 2.45) is 0 Å². The van der Waals surface area contributed by atoms with Crippen LogP contribution in [-0.2, 0) is 0 Å². The molecule has 0 aliphatic heterocycles. The minimum Gasteiger partial charge on any atom is -0.396 e. The number of aliphatic hydroxyl groups is 1. The largest absolute Gasteiger partial charge is 0.396 e. The van der Waals surface area contributed by atoms with Gasteiger partial charge in [-0.3, -0.25) is 4.98 Å². The first-order valence-electron chi connectivity index (χ1n) is 4.61. The standard InChI is InChI=1S/C11H15NO/c13-9-4-2-1-3-6-11-7-5-8-12-10-11/h3,5-8,10,13H,1-2,4,9H2/b6-3-. The molecule has 0 saturated carbocycles. The van der Waals surface area contributed by atoms with Crippen LogP contribution >= 0.6 is 0 Å². The van der Waals surface area contributed by atoms with Gasteiger partial charge in [0, 0.05) is 19.0 Å². The van der Waals surface area contributed by atoms with Gasteiger partial charge in [-0.1, -0.05) is 18.2 Å². The Labute approximate surface area is 78.9 Å². The molecular formula is C11H15NO. The fraction of sp³-hybridized carbons (Fsp3) is 0.364. The number of pyridine rings is 1. The fourth-order valence-electron chi connectivity index (χ4n) is 1.07. The van der Waals surface area contributed by atoms with Crippen LogP contribution in [0, 0.1) is 0 Å². The van der Waals surface area contributed by atoms with Crippen molar-refractivity contribution < 1.29 is 5.11 Å². The molecule has 0 aliphatic rings. The minimum atomic E-state index is 0.292. The maximum Gasteiger partial charge on any atom is 0.0431 e. The normalized spacial score (nSPS) is 10.8. The summed E-state index contributed by atoms with van der Waals surface area (Å²) >= 11 is 0. The van der Waals surface area contributed by atoms with Crippen LogP contribution in [0.5, 0.6) is 0 Å². The summed E-state index contributed by atoms with van der Waals surface area (Å²) in [6, 6.07) is 3.95. The van der Waals surface area contributed by atoms with Gasteiger partial charge in [0.15, 0.2) is 0 Å². The monoisotopic (exact) mass is 177 g/mol. The van der Waals surface area contributed by atoms with Crippen molar-refractivity contribution in [1.82, 2.24) is 4.98 Å². The number of rotatable bonds is 5. The molecule has 0 saturated heterocycles. The van der Waals surface area contributed by atoms with Gasteiger partial charge in [-0.05, 0) is 30.9 Å². The smallest absolute Gasteiger partial charge is 0.0431 e. The lowest BCUT2D eigenvalue weighted by molar-refractivity contribution is 0.285. The summed E-state index contributed by atoms with van der Waals surface area (Å²) in [6.45, 7) is 0.292. The highest BCUT2D eigenvalue weighted by atomic mass is 16.2. The van der Waals surface area contributed by atoms with E-state index < -0.39 is 0 Å². The average Bonchev–Trinajstić information content (AvgIpc) is 2.19. The first-order valence-corrected chi connectivity index (χ1v) is 4.61. The Hall–Kier alpha value is -1.15. The molecule has 70 valence electrons. The molecule has 1 aromatic rings. The van der Waals surface area contributed by atoms with E-state index in [0.717, 1.165) is 24.8 Å². The number of unbranched alkanes of at least 4 members (excludes halogenated alkanes) is 2. The molecule has 13 heavy (non-hydrogen) atoms. The van der Waals surface area contributed by atoms with Crippen molar-refractivity contribution >= 4 is 6.08 Å². The zero-order valence-electron chi connectivity index (χ0n) is 7.69. The summed E-state index contributed by atoms with van der Waals surface area (Å²) in [4.78, 5) is 4.01. The van der Waals surface area contributed by atoms with Crippen LogP contribution in [-0.4, -0.2) is 16.7 Å². The molecule has 0 aromatic carbocycles. The van der Waals surface area contributed by atoms with Crippen LogP contribution in [0.4, 0.5) is 0 Å². The molecule has 2 heteroatoms. The van der Waals surface area contributed by atoms with Gasteiger partial charge in [-0.15, -0.1) is 0 Å². The number of nitrogens with zero attached hydrogens (tertiary/aromatic N) is 1. The van der Waals surface area contributed by atoms with Crippen molar-refractivity contribution in [3.8, 4) is 0 Å². The van der Waals surface area contributed by atoms with Crippen LogP contribution in [0.2, 0.25) is 0 Å². The van der Waals surface area contributed by atoms with Crippen LogP contribution in [0.25, 0.3) is 6.08 Å². The Morgan fingerprint density at radius 3 is 3.00 bits per heavy atom. The number of aliphatic hydroxyl groups excluding tert-OH is 1. The predicted octanol–water partition coefficient (Wildman–Crippen LogP) is 2.26. The first-order chi connectivity index (χ1) is 6.43. The molecule has 0 aliphatic carbocycles. The first kappa shape index (κ1) is 9.93. The average molecular weight is 177 g/mol. The van der Waals surface area contributed by atoms with E-state index in [4.69, 9.17) is 5.11 Å². The van der Waals surface area contributed by atoms with Crippen molar-refractivity contribution in [2.45, 2.75) is 19.3 Å². The predicted molar refractivity (Wildman–Crippen MR) is 54.2 cm³/mol. The molecular weight excluding hydrogens is 162 g/mol. The number of allylic oxidation sites excluding steroid dienone is 1. The quantitative estimate of drug-likeness (QED) is 0.700. The number of aromatic nitrogens is 1. The SMILES string of the molecule is OCCCC/C=C\c1cccnc1. The topological polar surface area (TPSA) is 33.1 Å². The molecule has 1 rings (SSSR count). The van der Waals surface area contributed by atoms with E-state index in [1.165, 1.54) is 0 Å². The zero-order valence-corrected chi connectivity index (χ0v) is 7.69. The lowest BCUT2D eigenvalue weighted by Gasteiger charge is -1.92. The number of hydrogen-bond acceptors (Lipinski definition) is 2. The van der Waals surface area contributed by atoms with Gasteiger partial charge < -0.3 is 5.11 Å². The van der Waals surface area contributed by atoms with Gasteiger partial charge in [-0.25, -0.2) is 0 Å². The summed E-state index contributed by atoms with van der Waals surface area (Å²) in [5.74, 6) is 0. The summed E-state index contributed by atoms with van der Waals surface area (Å²) in [5, 5.41) is 8.55. The molecule has 1 heterocycles. The van der Waals surface area contributed by atoms with Crippen LogP contribution in [0.1, 0.15) is 24.8 Å².